The van der Waals surface area contributed by atoms with E-state index in [1.54, 1.807) is 0 Å². The van der Waals surface area contributed by atoms with Crippen molar-refractivity contribution in [3.63, 3.8) is 0 Å². The largest absolute Gasteiger partial charge is 0.380 e. The van der Waals surface area contributed by atoms with Gasteiger partial charge in [0.15, 0.2) is 0 Å². The van der Waals surface area contributed by atoms with E-state index in [9.17, 15) is 0 Å². The van der Waals surface area contributed by atoms with Crippen LogP contribution in [-0.4, -0.2) is 25.8 Å². The highest BCUT2D eigenvalue weighted by molar-refractivity contribution is 4.75. The summed E-state index contributed by atoms with van der Waals surface area (Å²) >= 11 is 0. The van der Waals surface area contributed by atoms with Crippen LogP contribution in [0, 0.1) is 5.92 Å². The monoisotopic (exact) mass is 185 g/mol. The lowest BCUT2D eigenvalue weighted by molar-refractivity contribution is 0.143. The minimum Gasteiger partial charge on any atom is -0.380 e. The first kappa shape index (κ1) is 11.0. The Bertz CT molecular complexity index is 127. The molecule has 1 fully saturated rings. The van der Waals surface area contributed by atoms with E-state index < -0.39 is 0 Å². The van der Waals surface area contributed by atoms with Gasteiger partial charge in [-0.1, -0.05) is 19.8 Å². The molecule has 0 aromatic heterocycles. The molecule has 0 amide bonds. The Hall–Kier alpha value is -0.0800. The Morgan fingerprint density at radius 3 is 2.92 bits per heavy atom. The summed E-state index contributed by atoms with van der Waals surface area (Å²) < 4.78 is 5.29. The highest BCUT2D eigenvalue weighted by Gasteiger charge is 2.17. The summed E-state index contributed by atoms with van der Waals surface area (Å²) in [5, 5.41) is 3.56. The zero-order valence-electron chi connectivity index (χ0n) is 9.01. The maximum atomic E-state index is 5.29. The molecule has 0 heterocycles. The number of hydrogen-bond acceptors (Lipinski definition) is 2. The van der Waals surface area contributed by atoms with Crippen LogP contribution in [0.15, 0.2) is 0 Å². The van der Waals surface area contributed by atoms with Crippen molar-refractivity contribution in [1.29, 1.82) is 0 Å². The molecule has 1 aliphatic rings. The van der Waals surface area contributed by atoms with Gasteiger partial charge in [0.2, 0.25) is 0 Å². The second-order valence-corrected chi connectivity index (χ2v) is 4.12. The fraction of sp³-hybridized carbons (Fsp3) is 1.00. The average molecular weight is 185 g/mol. The van der Waals surface area contributed by atoms with Crippen LogP contribution in [0.1, 0.15) is 39.5 Å². The first-order chi connectivity index (χ1) is 6.33. The third kappa shape index (κ3) is 4.63. The van der Waals surface area contributed by atoms with Crippen molar-refractivity contribution in [2.45, 2.75) is 45.6 Å². The summed E-state index contributed by atoms with van der Waals surface area (Å²) in [5.41, 5.74) is 0. The molecule has 0 saturated heterocycles. The first-order valence-electron chi connectivity index (χ1n) is 5.64. The molecule has 0 spiro atoms. The topological polar surface area (TPSA) is 21.3 Å². The third-order valence-electron chi connectivity index (χ3n) is 2.82. The second kappa shape index (κ2) is 6.39. The Morgan fingerprint density at radius 1 is 1.38 bits per heavy atom. The molecule has 2 heteroatoms. The molecule has 0 aromatic rings. The van der Waals surface area contributed by atoms with Gasteiger partial charge in [0.25, 0.3) is 0 Å². The van der Waals surface area contributed by atoms with E-state index in [0.717, 1.165) is 31.7 Å². The highest BCUT2D eigenvalue weighted by atomic mass is 16.5. The van der Waals surface area contributed by atoms with Crippen LogP contribution in [0.3, 0.4) is 0 Å². The molecular weight excluding hydrogens is 162 g/mol. The molecule has 1 aliphatic carbocycles. The molecule has 0 unspecified atom stereocenters. The Labute approximate surface area is 82.0 Å². The highest BCUT2D eigenvalue weighted by Crippen LogP contribution is 2.23. The summed E-state index contributed by atoms with van der Waals surface area (Å²) in [7, 11) is 0. The zero-order valence-corrected chi connectivity index (χ0v) is 9.01. The average Bonchev–Trinajstić information content (AvgIpc) is 2.13. The molecule has 2 atom stereocenters. The maximum Gasteiger partial charge on any atom is 0.0590 e. The van der Waals surface area contributed by atoms with Gasteiger partial charge in [-0.3, -0.25) is 0 Å². The standard InChI is InChI=1S/C11H23NO/c1-3-13-8-7-12-11-6-4-5-10(2)9-11/h10-12H,3-9H2,1-2H3/t10-,11-/m1/s1. The van der Waals surface area contributed by atoms with Crippen LogP contribution >= 0.6 is 0 Å². The predicted molar refractivity (Wildman–Crippen MR) is 55.9 cm³/mol. The van der Waals surface area contributed by atoms with Crippen molar-refractivity contribution in [2.24, 2.45) is 5.92 Å². The molecule has 78 valence electrons. The number of ether oxygens (including phenoxy) is 1. The molecule has 1 N–H and O–H groups in total. The summed E-state index contributed by atoms with van der Waals surface area (Å²) in [5.74, 6) is 0.915. The smallest absolute Gasteiger partial charge is 0.0590 e. The van der Waals surface area contributed by atoms with Crippen molar-refractivity contribution < 1.29 is 4.74 Å². The van der Waals surface area contributed by atoms with Crippen LogP contribution in [0.2, 0.25) is 0 Å². The van der Waals surface area contributed by atoms with Crippen molar-refractivity contribution in [3.8, 4) is 0 Å². The Balaban J connectivity index is 2.00. The molecule has 1 saturated carbocycles. The summed E-state index contributed by atoms with van der Waals surface area (Å²) in [6.45, 7) is 7.12. The minimum absolute atomic E-state index is 0.754. The van der Waals surface area contributed by atoms with Crippen LogP contribution in [-0.2, 0) is 4.74 Å². The molecule has 2 nitrogen and oxygen atoms in total. The number of rotatable bonds is 5. The van der Waals surface area contributed by atoms with Gasteiger partial charge in [0, 0.05) is 19.2 Å². The van der Waals surface area contributed by atoms with E-state index in [2.05, 4.69) is 12.2 Å². The molecular formula is C11H23NO. The lowest BCUT2D eigenvalue weighted by Crippen LogP contribution is -2.35. The maximum absolute atomic E-state index is 5.29. The van der Waals surface area contributed by atoms with E-state index in [0.29, 0.717) is 0 Å². The molecule has 0 aliphatic heterocycles. The van der Waals surface area contributed by atoms with Gasteiger partial charge in [0.1, 0.15) is 0 Å². The van der Waals surface area contributed by atoms with Gasteiger partial charge in [-0.15, -0.1) is 0 Å². The first-order valence-corrected chi connectivity index (χ1v) is 5.64. The van der Waals surface area contributed by atoms with E-state index >= 15 is 0 Å². The normalized spacial score (nSPS) is 29.1. The van der Waals surface area contributed by atoms with Crippen molar-refractivity contribution in [1.82, 2.24) is 5.32 Å². The third-order valence-corrected chi connectivity index (χ3v) is 2.82. The molecule has 13 heavy (non-hydrogen) atoms. The zero-order chi connectivity index (χ0) is 9.52. The fourth-order valence-corrected chi connectivity index (χ4v) is 2.10. The van der Waals surface area contributed by atoms with Crippen molar-refractivity contribution >= 4 is 0 Å². The van der Waals surface area contributed by atoms with Crippen molar-refractivity contribution in [2.75, 3.05) is 19.8 Å². The number of hydrogen-bond donors (Lipinski definition) is 1. The van der Waals surface area contributed by atoms with Gasteiger partial charge in [-0.2, -0.15) is 0 Å². The van der Waals surface area contributed by atoms with E-state index in [-0.39, 0.29) is 0 Å². The van der Waals surface area contributed by atoms with Gasteiger partial charge in [-0.05, 0) is 25.7 Å². The van der Waals surface area contributed by atoms with Gasteiger partial charge < -0.3 is 10.1 Å². The van der Waals surface area contributed by atoms with E-state index in [4.69, 9.17) is 4.74 Å². The molecule has 0 aromatic carbocycles. The van der Waals surface area contributed by atoms with Crippen molar-refractivity contribution in [3.05, 3.63) is 0 Å². The lowest BCUT2D eigenvalue weighted by atomic mass is 9.87. The minimum atomic E-state index is 0.754. The van der Waals surface area contributed by atoms with E-state index in [1.807, 2.05) is 6.92 Å². The van der Waals surface area contributed by atoms with Crippen LogP contribution in [0.4, 0.5) is 0 Å². The Kier molecular flexibility index (Phi) is 5.40. The second-order valence-electron chi connectivity index (χ2n) is 4.12. The quantitative estimate of drug-likeness (QED) is 0.663. The Morgan fingerprint density at radius 2 is 2.23 bits per heavy atom. The fourth-order valence-electron chi connectivity index (χ4n) is 2.10. The van der Waals surface area contributed by atoms with E-state index in [1.165, 1.54) is 25.7 Å². The van der Waals surface area contributed by atoms with Gasteiger partial charge >= 0.3 is 0 Å². The van der Waals surface area contributed by atoms with Crippen LogP contribution in [0.25, 0.3) is 0 Å². The summed E-state index contributed by atoms with van der Waals surface area (Å²) in [4.78, 5) is 0. The molecule has 0 radical (unpaired) electrons. The predicted octanol–water partition coefficient (Wildman–Crippen LogP) is 2.19. The summed E-state index contributed by atoms with van der Waals surface area (Å²) in [6.07, 6.45) is 5.53. The van der Waals surface area contributed by atoms with Crippen LogP contribution in [0.5, 0.6) is 0 Å². The van der Waals surface area contributed by atoms with Crippen LogP contribution < -0.4 is 5.32 Å². The SMILES string of the molecule is CCOCCN[C@@H]1CCC[C@@H](C)C1. The van der Waals surface area contributed by atoms with Gasteiger partial charge in [-0.25, -0.2) is 0 Å². The van der Waals surface area contributed by atoms with Gasteiger partial charge in [0.05, 0.1) is 6.61 Å². The molecule has 1 rings (SSSR count). The summed E-state index contributed by atoms with van der Waals surface area (Å²) in [6, 6.07) is 0.754. The molecule has 0 bridgehead atoms. The lowest BCUT2D eigenvalue weighted by Gasteiger charge is -2.27. The number of nitrogens with one attached hydrogen (secondary N) is 1.